The second kappa shape index (κ2) is 4.17. The Labute approximate surface area is 60.6 Å². The summed E-state index contributed by atoms with van der Waals surface area (Å²) >= 11 is 0. The topological polar surface area (TPSA) is 60.2 Å². The highest BCUT2D eigenvalue weighted by Crippen LogP contribution is 1.93. The van der Waals surface area contributed by atoms with Crippen molar-refractivity contribution >= 4 is 11.6 Å². The van der Waals surface area contributed by atoms with Gasteiger partial charge in [-0.15, -0.1) is 0 Å². The monoisotopic (exact) mass is 143 g/mol. The van der Waals surface area contributed by atoms with E-state index in [-0.39, 0.29) is 11.6 Å². The Kier molecular flexibility index (Phi) is 3.88. The van der Waals surface area contributed by atoms with Gasteiger partial charge in [-0.25, -0.2) is 0 Å². The standard InChI is InChI=1S/C7H13NO2/c1-3-4-6(10)7(8)5(2)9/h7H,3-4,8H2,1-2H3. The zero-order valence-corrected chi connectivity index (χ0v) is 6.39. The molecule has 0 heterocycles. The van der Waals surface area contributed by atoms with Gasteiger partial charge in [0, 0.05) is 6.42 Å². The first-order valence-electron chi connectivity index (χ1n) is 3.38. The lowest BCUT2D eigenvalue weighted by Gasteiger charge is -2.03. The van der Waals surface area contributed by atoms with Crippen molar-refractivity contribution in [2.24, 2.45) is 5.73 Å². The van der Waals surface area contributed by atoms with Crippen molar-refractivity contribution in [3.05, 3.63) is 0 Å². The van der Waals surface area contributed by atoms with Crippen LogP contribution in [-0.4, -0.2) is 17.6 Å². The minimum atomic E-state index is -0.889. The molecule has 0 aliphatic carbocycles. The summed E-state index contributed by atoms with van der Waals surface area (Å²) in [6.45, 7) is 3.21. The van der Waals surface area contributed by atoms with E-state index in [2.05, 4.69) is 0 Å². The Morgan fingerprint density at radius 1 is 1.50 bits per heavy atom. The third-order valence-electron chi connectivity index (χ3n) is 1.28. The van der Waals surface area contributed by atoms with Gasteiger partial charge in [-0.3, -0.25) is 9.59 Å². The summed E-state index contributed by atoms with van der Waals surface area (Å²) in [5.74, 6) is -0.409. The van der Waals surface area contributed by atoms with E-state index in [4.69, 9.17) is 5.73 Å². The van der Waals surface area contributed by atoms with E-state index in [1.54, 1.807) is 0 Å². The molecule has 0 spiro atoms. The summed E-state index contributed by atoms with van der Waals surface area (Å²) in [5, 5.41) is 0. The second-order valence-electron chi connectivity index (χ2n) is 2.30. The van der Waals surface area contributed by atoms with E-state index in [0.717, 1.165) is 6.42 Å². The maximum Gasteiger partial charge on any atom is 0.157 e. The van der Waals surface area contributed by atoms with Gasteiger partial charge in [0.15, 0.2) is 11.6 Å². The van der Waals surface area contributed by atoms with Crippen molar-refractivity contribution in [3.63, 3.8) is 0 Å². The van der Waals surface area contributed by atoms with Crippen LogP contribution >= 0.6 is 0 Å². The van der Waals surface area contributed by atoms with Crippen molar-refractivity contribution in [2.45, 2.75) is 32.7 Å². The quantitative estimate of drug-likeness (QED) is 0.575. The molecule has 0 saturated carbocycles. The molecule has 2 N–H and O–H groups in total. The van der Waals surface area contributed by atoms with Gasteiger partial charge in [-0.2, -0.15) is 0 Å². The van der Waals surface area contributed by atoms with Crippen LogP contribution in [0.2, 0.25) is 0 Å². The highest BCUT2D eigenvalue weighted by atomic mass is 16.2. The minimum absolute atomic E-state index is 0.157. The summed E-state index contributed by atoms with van der Waals surface area (Å²) < 4.78 is 0. The van der Waals surface area contributed by atoms with Crippen LogP contribution in [0.5, 0.6) is 0 Å². The zero-order valence-electron chi connectivity index (χ0n) is 6.39. The lowest BCUT2D eigenvalue weighted by atomic mass is 10.1. The fourth-order valence-electron chi connectivity index (χ4n) is 0.629. The van der Waals surface area contributed by atoms with Crippen LogP contribution in [0.15, 0.2) is 0 Å². The van der Waals surface area contributed by atoms with E-state index >= 15 is 0 Å². The summed E-state index contributed by atoms with van der Waals surface area (Å²) in [4.78, 5) is 21.4. The van der Waals surface area contributed by atoms with Gasteiger partial charge in [0.25, 0.3) is 0 Å². The number of ketones is 2. The van der Waals surface area contributed by atoms with Crippen molar-refractivity contribution in [1.82, 2.24) is 0 Å². The molecule has 3 heteroatoms. The summed E-state index contributed by atoms with van der Waals surface area (Å²) in [6.07, 6.45) is 1.15. The number of carbonyl (C=O) groups excluding carboxylic acids is 2. The molecule has 0 saturated heterocycles. The SMILES string of the molecule is CCCC(=O)C(N)C(C)=O. The number of nitrogens with two attached hydrogens (primary N) is 1. The highest BCUT2D eigenvalue weighted by molar-refractivity contribution is 6.05. The molecule has 3 nitrogen and oxygen atoms in total. The molecule has 0 aliphatic rings. The Morgan fingerprint density at radius 2 is 2.00 bits per heavy atom. The van der Waals surface area contributed by atoms with Gasteiger partial charge in [0.2, 0.25) is 0 Å². The number of Topliss-reactive ketones (excluding diaryl/α,β-unsaturated/α-hetero) is 2. The molecule has 10 heavy (non-hydrogen) atoms. The van der Waals surface area contributed by atoms with E-state index in [1.165, 1.54) is 6.92 Å². The predicted molar refractivity (Wildman–Crippen MR) is 38.6 cm³/mol. The predicted octanol–water partition coefficient (Wildman–Crippen LogP) is 0.272. The molecular weight excluding hydrogens is 130 g/mol. The van der Waals surface area contributed by atoms with Crippen molar-refractivity contribution in [1.29, 1.82) is 0 Å². The van der Waals surface area contributed by atoms with Gasteiger partial charge in [0.05, 0.1) is 0 Å². The molecule has 58 valence electrons. The smallest absolute Gasteiger partial charge is 0.157 e. The average Bonchev–Trinajstić information content (AvgIpc) is 1.87. The highest BCUT2D eigenvalue weighted by Gasteiger charge is 2.15. The Balaban J connectivity index is 3.82. The lowest BCUT2D eigenvalue weighted by molar-refractivity contribution is -0.127. The molecule has 0 bridgehead atoms. The second-order valence-corrected chi connectivity index (χ2v) is 2.30. The van der Waals surface area contributed by atoms with E-state index in [1.807, 2.05) is 6.92 Å². The molecule has 0 rings (SSSR count). The van der Waals surface area contributed by atoms with Crippen LogP contribution in [0, 0.1) is 0 Å². The maximum absolute atomic E-state index is 10.8. The van der Waals surface area contributed by atoms with E-state index in [9.17, 15) is 9.59 Å². The first-order chi connectivity index (χ1) is 4.59. The summed E-state index contributed by atoms with van der Waals surface area (Å²) in [7, 11) is 0. The molecule has 0 amide bonds. The van der Waals surface area contributed by atoms with Gasteiger partial charge in [-0.05, 0) is 13.3 Å². The lowest BCUT2D eigenvalue weighted by Crippen LogP contribution is -2.36. The van der Waals surface area contributed by atoms with Crippen LogP contribution in [0.3, 0.4) is 0 Å². The third-order valence-corrected chi connectivity index (χ3v) is 1.28. The van der Waals surface area contributed by atoms with E-state index < -0.39 is 6.04 Å². The average molecular weight is 143 g/mol. The minimum Gasteiger partial charge on any atom is -0.315 e. The molecule has 1 atom stereocenters. The number of hydrogen-bond donors (Lipinski definition) is 1. The zero-order chi connectivity index (χ0) is 8.15. The Hall–Kier alpha value is -0.700. The molecule has 1 unspecified atom stereocenters. The fraction of sp³-hybridized carbons (Fsp3) is 0.714. The third kappa shape index (κ3) is 2.73. The normalized spacial score (nSPS) is 12.7. The van der Waals surface area contributed by atoms with Crippen molar-refractivity contribution in [2.75, 3.05) is 0 Å². The summed E-state index contributed by atoms with van der Waals surface area (Å²) in [5.41, 5.74) is 5.25. The molecule has 0 aromatic heterocycles. The first kappa shape index (κ1) is 9.30. The number of carbonyl (C=O) groups is 2. The largest absolute Gasteiger partial charge is 0.315 e. The Morgan fingerprint density at radius 3 is 2.30 bits per heavy atom. The number of hydrogen-bond acceptors (Lipinski definition) is 3. The van der Waals surface area contributed by atoms with Crippen molar-refractivity contribution < 1.29 is 9.59 Å². The van der Waals surface area contributed by atoms with Crippen LogP contribution in [0.25, 0.3) is 0 Å². The van der Waals surface area contributed by atoms with Gasteiger partial charge < -0.3 is 5.73 Å². The molecule has 0 aromatic rings. The van der Waals surface area contributed by atoms with Crippen LogP contribution in [0.4, 0.5) is 0 Å². The maximum atomic E-state index is 10.8. The number of rotatable bonds is 4. The molecule has 0 aliphatic heterocycles. The van der Waals surface area contributed by atoms with E-state index in [0.29, 0.717) is 6.42 Å². The fourth-order valence-corrected chi connectivity index (χ4v) is 0.629. The molecular formula is C7H13NO2. The van der Waals surface area contributed by atoms with Crippen LogP contribution < -0.4 is 5.73 Å². The summed E-state index contributed by atoms with van der Waals surface area (Å²) in [6, 6.07) is -0.889. The molecule has 0 fully saturated rings. The molecule has 0 aromatic carbocycles. The first-order valence-corrected chi connectivity index (χ1v) is 3.38. The van der Waals surface area contributed by atoms with Gasteiger partial charge in [0.1, 0.15) is 6.04 Å². The van der Waals surface area contributed by atoms with Crippen molar-refractivity contribution in [3.8, 4) is 0 Å². The Bertz CT molecular complexity index is 143. The molecule has 0 radical (unpaired) electrons. The van der Waals surface area contributed by atoms with Gasteiger partial charge in [-0.1, -0.05) is 6.92 Å². The van der Waals surface area contributed by atoms with Crippen LogP contribution in [-0.2, 0) is 9.59 Å². The van der Waals surface area contributed by atoms with Crippen LogP contribution in [0.1, 0.15) is 26.7 Å². The van der Waals surface area contributed by atoms with Gasteiger partial charge >= 0.3 is 0 Å².